The third-order valence-electron chi connectivity index (χ3n) is 2.86. The van der Waals surface area contributed by atoms with Crippen molar-refractivity contribution < 1.29 is 13.5 Å². The van der Waals surface area contributed by atoms with Gasteiger partial charge in [0.2, 0.25) is 10.0 Å². The van der Waals surface area contributed by atoms with Gasteiger partial charge in [-0.1, -0.05) is 0 Å². The molecule has 0 saturated heterocycles. The normalized spacial score (nSPS) is 12.2. The molecule has 2 N–H and O–H groups in total. The van der Waals surface area contributed by atoms with Crippen molar-refractivity contribution in [1.82, 2.24) is 14.3 Å². The zero-order chi connectivity index (χ0) is 14.8. The lowest BCUT2D eigenvalue weighted by molar-refractivity contribution is 0.268. The lowest BCUT2D eigenvalue weighted by Crippen LogP contribution is -2.23. The van der Waals surface area contributed by atoms with E-state index in [-0.39, 0.29) is 24.1 Å². The average Bonchev–Trinajstić information content (AvgIpc) is 3.05. The Bertz CT molecular complexity index is 660. The van der Waals surface area contributed by atoms with Gasteiger partial charge in [-0.3, -0.25) is 0 Å². The Kier molecular flexibility index (Phi) is 4.59. The summed E-state index contributed by atoms with van der Waals surface area (Å²) in [5, 5.41) is 11.1. The Hall–Kier alpha value is -1.22. The predicted octanol–water partition coefficient (Wildman–Crippen LogP) is 1.50. The summed E-state index contributed by atoms with van der Waals surface area (Å²) >= 11 is 1.42. The molecule has 8 heteroatoms. The minimum Gasteiger partial charge on any atom is -0.390 e. The van der Waals surface area contributed by atoms with Crippen molar-refractivity contribution in [3.05, 3.63) is 34.5 Å². The smallest absolute Gasteiger partial charge is 0.242 e. The van der Waals surface area contributed by atoms with Crippen LogP contribution in [0.3, 0.4) is 0 Å². The van der Waals surface area contributed by atoms with Crippen LogP contribution in [0.15, 0.2) is 28.0 Å². The van der Waals surface area contributed by atoms with E-state index in [4.69, 9.17) is 0 Å². The fourth-order valence-electron chi connectivity index (χ4n) is 1.83. The number of sulfonamides is 1. The molecule has 0 fully saturated rings. The highest BCUT2D eigenvalue weighted by molar-refractivity contribution is 7.89. The molecule has 2 aromatic heterocycles. The molecule has 0 spiro atoms. The molecule has 0 bridgehead atoms. The Morgan fingerprint density at radius 2 is 2.25 bits per heavy atom. The molecule has 0 unspecified atom stereocenters. The number of aromatic nitrogens is 2. The minimum atomic E-state index is -3.60. The lowest BCUT2D eigenvalue weighted by atomic mass is 10.3. The second kappa shape index (κ2) is 6.04. The maximum absolute atomic E-state index is 12.2. The summed E-state index contributed by atoms with van der Waals surface area (Å²) in [6, 6.07) is 1.57. The van der Waals surface area contributed by atoms with Gasteiger partial charge in [-0.2, -0.15) is 0 Å². The predicted molar refractivity (Wildman–Crippen MR) is 76.9 cm³/mol. The number of aliphatic hydroxyl groups is 1. The maximum Gasteiger partial charge on any atom is 0.242 e. The number of hydrogen-bond acceptors (Lipinski definition) is 5. The van der Waals surface area contributed by atoms with E-state index in [1.165, 1.54) is 17.4 Å². The Morgan fingerprint density at radius 1 is 1.50 bits per heavy atom. The summed E-state index contributed by atoms with van der Waals surface area (Å²) < 4.78 is 28.7. The number of aliphatic hydroxyl groups excluding tert-OH is 1. The average molecular weight is 315 g/mol. The van der Waals surface area contributed by atoms with E-state index in [1.807, 2.05) is 13.8 Å². The second-order valence-electron chi connectivity index (χ2n) is 4.63. The van der Waals surface area contributed by atoms with Crippen LogP contribution in [0.5, 0.6) is 0 Å². The molecule has 20 heavy (non-hydrogen) atoms. The van der Waals surface area contributed by atoms with E-state index in [2.05, 4.69) is 9.71 Å². The maximum atomic E-state index is 12.2. The molecule has 2 rings (SSSR count). The van der Waals surface area contributed by atoms with Gasteiger partial charge in [0.05, 0.1) is 29.3 Å². The fourth-order valence-corrected chi connectivity index (χ4v) is 3.43. The highest BCUT2D eigenvalue weighted by Gasteiger charge is 2.19. The topological polar surface area (TPSA) is 84.2 Å². The minimum absolute atomic E-state index is 0.0830. The number of thiazole rings is 1. The van der Waals surface area contributed by atoms with Gasteiger partial charge in [-0.05, 0) is 19.9 Å². The van der Waals surface area contributed by atoms with Crippen LogP contribution in [0.2, 0.25) is 0 Å². The Morgan fingerprint density at radius 3 is 2.75 bits per heavy atom. The molecule has 6 nitrogen and oxygen atoms in total. The quantitative estimate of drug-likeness (QED) is 0.846. The molecular weight excluding hydrogens is 298 g/mol. The highest BCUT2D eigenvalue weighted by atomic mass is 32.2. The summed E-state index contributed by atoms with van der Waals surface area (Å²) in [5.41, 5.74) is 2.92. The highest BCUT2D eigenvalue weighted by Crippen LogP contribution is 2.19. The van der Waals surface area contributed by atoms with Crippen molar-refractivity contribution in [3.63, 3.8) is 0 Å². The van der Waals surface area contributed by atoms with Crippen LogP contribution in [0.4, 0.5) is 0 Å². The Labute approximate surface area is 122 Å². The van der Waals surface area contributed by atoms with Gasteiger partial charge in [0.1, 0.15) is 0 Å². The van der Waals surface area contributed by atoms with Gasteiger partial charge in [-0.25, -0.2) is 18.1 Å². The van der Waals surface area contributed by atoms with Crippen LogP contribution < -0.4 is 4.72 Å². The van der Waals surface area contributed by atoms with E-state index >= 15 is 0 Å². The number of rotatable bonds is 6. The Balaban J connectivity index is 2.21. The van der Waals surface area contributed by atoms with Crippen LogP contribution in [0.25, 0.3) is 0 Å². The van der Waals surface area contributed by atoms with Crippen molar-refractivity contribution in [2.75, 3.05) is 0 Å². The van der Waals surface area contributed by atoms with Crippen molar-refractivity contribution in [2.45, 2.75) is 37.9 Å². The van der Waals surface area contributed by atoms with Gasteiger partial charge >= 0.3 is 0 Å². The fraction of sp³-hybridized carbons (Fsp3) is 0.417. The molecule has 0 aliphatic carbocycles. The zero-order valence-electron chi connectivity index (χ0n) is 11.3. The molecule has 0 aliphatic heterocycles. The number of nitrogens with one attached hydrogen (secondary N) is 1. The summed E-state index contributed by atoms with van der Waals surface area (Å²) in [6.07, 6.45) is 1.54. The largest absolute Gasteiger partial charge is 0.390 e. The van der Waals surface area contributed by atoms with Crippen LogP contribution in [0.1, 0.15) is 31.3 Å². The van der Waals surface area contributed by atoms with Crippen LogP contribution >= 0.6 is 11.3 Å². The first-order chi connectivity index (χ1) is 9.44. The van der Waals surface area contributed by atoms with Gasteiger partial charge in [0.15, 0.2) is 0 Å². The van der Waals surface area contributed by atoms with Crippen molar-refractivity contribution >= 4 is 21.4 Å². The zero-order valence-corrected chi connectivity index (χ0v) is 12.9. The first-order valence-corrected chi connectivity index (χ1v) is 8.55. The summed E-state index contributed by atoms with van der Waals surface area (Å²) in [6.45, 7) is 3.82. The number of nitrogens with zero attached hydrogens (tertiary/aromatic N) is 2. The third kappa shape index (κ3) is 3.26. The lowest BCUT2D eigenvalue weighted by Gasteiger charge is -2.10. The van der Waals surface area contributed by atoms with Crippen molar-refractivity contribution in [1.29, 1.82) is 0 Å². The summed E-state index contributed by atoms with van der Waals surface area (Å²) in [4.78, 5) is 4.18. The molecular formula is C12H17N3O3S2. The van der Waals surface area contributed by atoms with Crippen molar-refractivity contribution in [2.24, 2.45) is 0 Å². The van der Waals surface area contributed by atoms with Crippen LogP contribution in [-0.4, -0.2) is 23.1 Å². The molecule has 0 amide bonds. The van der Waals surface area contributed by atoms with Gasteiger partial charge in [0, 0.05) is 23.3 Å². The van der Waals surface area contributed by atoms with E-state index in [1.54, 1.807) is 21.7 Å². The standard InChI is InChI=1S/C12H17N3O3S2/c1-9(2)15-5-12(3-11(15)6-16)20(17,18)14-4-10-7-19-8-13-10/h3,5,7-9,14,16H,4,6H2,1-2H3. The van der Waals surface area contributed by atoms with Gasteiger partial charge in [0.25, 0.3) is 0 Å². The third-order valence-corrected chi connectivity index (χ3v) is 4.87. The molecule has 2 aromatic rings. The number of hydrogen-bond donors (Lipinski definition) is 2. The van der Waals surface area contributed by atoms with E-state index in [0.29, 0.717) is 11.4 Å². The molecule has 0 saturated carbocycles. The van der Waals surface area contributed by atoms with Gasteiger partial charge in [-0.15, -0.1) is 11.3 Å². The van der Waals surface area contributed by atoms with E-state index in [9.17, 15) is 13.5 Å². The monoisotopic (exact) mass is 315 g/mol. The summed E-state index contributed by atoms with van der Waals surface area (Å²) in [5.74, 6) is 0. The van der Waals surface area contributed by atoms with Crippen LogP contribution in [-0.2, 0) is 23.2 Å². The molecule has 0 aromatic carbocycles. The molecule has 0 radical (unpaired) electrons. The van der Waals surface area contributed by atoms with Crippen LogP contribution in [0, 0.1) is 0 Å². The summed E-state index contributed by atoms with van der Waals surface area (Å²) in [7, 11) is -3.60. The molecule has 0 atom stereocenters. The van der Waals surface area contributed by atoms with E-state index < -0.39 is 10.0 Å². The first kappa shape index (κ1) is 15.2. The SMILES string of the molecule is CC(C)n1cc(S(=O)(=O)NCc2cscn2)cc1CO. The van der Waals surface area contributed by atoms with Gasteiger partial charge < -0.3 is 9.67 Å². The van der Waals surface area contributed by atoms with Crippen molar-refractivity contribution in [3.8, 4) is 0 Å². The molecule has 2 heterocycles. The second-order valence-corrected chi connectivity index (χ2v) is 7.12. The molecule has 0 aliphatic rings. The molecule has 110 valence electrons. The first-order valence-electron chi connectivity index (χ1n) is 6.12. The van der Waals surface area contributed by atoms with E-state index in [0.717, 1.165) is 0 Å².